The van der Waals surface area contributed by atoms with E-state index in [1.807, 2.05) is 18.2 Å². The van der Waals surface area contributed by atoms with Crippen molar-refractivity contribution in [1.29, 1.82) is 0 Å². The van der Waals surface area contributed by atoms with Crippen molar-refractivity contribution in [3.8, 4) is 11.3 Å². The van der Waals surface area contributed by atoms with Crippen LogP contribution in [0.1, 0.15) is 32.1 Å². The zero-order valence-corrected chi connectivity index (χ0v) is 17.3. The van der Waals surface area contributed by atoms with E-state index >= 15 is 0 Å². The maximum Gasteiger partial charge on any atom is 0.267 e. The number of hydrogen-bond donors (Lipinski definition) is 1. The number of halogens is 1. The lowest BCUT2D eigenvalue weighted by Crippen LogP contribution is -2.51. The van der Waals surface area contributed by atoms with E-state index in [1.165, 1.54) is 49.5 Å². The van der Waals surface area contributed by atoms with Crippen LogP contribution in [-0.2, 0) is 11.3 Å². The number of benzene rings is 1. The van der Waals surface area contributed by atoms with Crippen molar-refractivity contribution in [3.05, 3.63) is 51.8 Å². The molecule has 0 saturated carbocycles. The van der Waals surface area contributed by atoms with Gasteiger partial charge in [0.2, 0.25) is 5.91 Å². The summed E-state index contributed by atoms with van der Waals surface area (Å²) in [6.45, 7) is 2.95. The molecule has 0 spiro atoms. The first-order valence-electron chi connectivity index (χ1n) is 10.5. The molecule has 0 radical (unpaired) electrons. The number of carbonyl (C=O) groups is 1. The number of piperidine rings is 2. The number of nitrogens with zero attached hydrogens (tertiary/aromatic N) is 3. The van der Waals surface area contributed by atoms with Crippen molar-refractivity contribution in [3.63, 3.8) is 0 Å². The van der Waals surface area contributed by atoms with Crippen molar-refractivity contribution < 1.29 is 4.79 Å². The molecule has 3 heterocycles. The number of amides is 1. The topological polar surface area (TPSA) is 67.2 Å². The summed E-state index contributed by atoms with van der Waals surface area (Å²) in [5.74, 6) is 0.316. The summed E-state index contributed by atoms with van der Waals surface area (Å²) in [5, 5.41) is 7.95. The quantitative estimate of drug-likeness (QED) is 0.816. The van der Waals surface area contributed by atoms with Crippen molar-refractivity contribution in [2.75, 3.05) is 19.6 Å². The molecule has 2 fully saturated rings. The van der Waals surface area contributed by atoms with Crippen LogP contribution in [-0.4, -0.2) is 46.3 Å². The van der Waals surface area contributed by atoms with E-state index in [4.69, 9.17) is 11.6 Å². The lowest BCUT2D eigenvalue weighted by molar-refractivity contribution is -0.122. The van der Waals surface area contributed by atoms with Crippen LogP contribution in [0.15, 0.2) is 41.2 Å². The Hall–Kier alpha value is -2.18. The van der Waals surface area contributed by atoms with Crippen molar-refractivity contribution in [2.24, 2.45) is 5.92 Å². The molecule has 2 saturated heterocycles. The zero-order chi connectivity index (χ0) is 20.2. The highest BCUT2D eigenvalue weighted by Crippen LogP contribution is 2.30. The summed E-state index contributed by atoms with van der Waals surface area (Å²) in [7, 11) is 0. The minimum Gasteiger partial charge on any atom is -0.354 e. The number of fused-ring (bicyclic) bond motifs is 1. The van der Waals surface area contributed by atoms with Crippen LogP contribution in [0, 0.1) is 5.92 Å². The second-order valence-corrected chi connectivity index (χ2v) is 8.41. The molecule has 0 aliphatic carbocycles. The Morgan fingerprint density at radius 3 is 2.79 bits per heavy atom. The molecule has 1 amide bonds. The van der Waals surface area contributed by atoms with Crippen LogP contribution in [0.4, 0.5) is 0 Å². The summed E-state index contributed by atoms with van der Waals surface area (Å²) >= 11 is 6.24. The first-order valence-corrected chi connectivity index (χ1v) is 10.8. The fraction of sp³-hybridized carbons (Fsp3) is 0.500. The molecule has 2 aliphatic rings. The smallest absolute Gasteiger partial charge is 0.267 e. The summed E-state index contributed by atoms with van der Waals surface area (Å²) in [5.41, 5.74) is 1.02. The van der Waals surface area contributed by atoms with Gasteiger partial charge in [0.15, 0.2) is 0 Å². The van der Waals surface area contributed by atoms with Crippen LogP contribution in [0.25, 0.3) is 11.3 Å². The van der Waals surface area contributed by atoms with Crippen LogP contribution in [0.2, 0.25) is 5.02 Å². The van der Waals surface area contributed by atoms with Gasteiger partial charge < -0.3 is 10.2 Å². The number of nitrogens with one attached hydrogen (secondary N) is 1. The molecule has 2 aromatic rings. The van der Waals surface area contributed by atoms with E-state index in [0.717, 1.165) is 12.0 Å². The van der Waals surface area contributed by atoms with E-state index in [0.29, 0.717) is 29.2 Å². The first kappa shape index (κ1) is 20.1. The van der Waals surface area contributed by atoms with Gasteiger partial charge in [-0.2, -0.15) is 5.10 Å². The van der Waals surface area contributed by atoms with Crippen LogP contribution >= 0.6 is 11.6 Å². The zero-order valence-electron chi connectivity index (χ0n) is 16.5. The second-order valence-electron chi connectivity index (χ2n) is 8.00. The Balaban J connectivity index is 1.40. The third kappa shape index (κ3) is 4.70. The molecule has 29 heavy (non-hydrogen) atoms. The average Bonchev–Trinajstić information content (AvgIpc) is 2.74. The summed E-state index contributed by atoms with van der Waals surface area (Å²) in [6.07, 6.45) is 6.13. The van der Waals surface area contributed by atoms with Gasteiger partial charge in [-0.1, -0.05) is 36.2 Å². The second kappa shape index (κ2) is 9.09. The minimum atomic E-state index is -0.299. The minimum absolute atomic E-state index is 0.0851. The van der Waals surface area contributed by atoms with Gasteiger partial charge in [0.25, 0.3) is 5.56 Å². The van der Waals surface area contributed by atoms with Gasteiger partial charge in [-0.3, -0.25) is 9.59 Å². The third-order valence-electron chi connectivity index (χ3n) is 6.10. The summed E-state index contributed by atoms with van der Waals surface area (Å²) < 4.78 is 1.21. The van der Waals surface area contributed by atoms with Crippen LogP contribution in [0.3, 0.4) is 0 Å². The maximum absolute atomic E-state index is 12.5. The van der Waals surface area contributed by atoms with Crippen molar-refractivity contribution in [1.82, 2.24) is 20.0 Å². The molecule has 2 aliphatic heterocycles. The van der Waals surface area contributed by atoms with Gasteiger partial charge in [-0.15, -0.1) is 0 Å². The largest absolute Gasteiger partial charge is 0.354 e. The molecule has 2 atom stereocenters. The van der Waals surface area contributed by atoms with Gasteiger partial charge >= 0.3 is 0 Å². The van der Waals surface area contributed by atoms with Gasteiger partial charge in [0, 0.05) is 24.2 Å². The summed E-state index contributed by atoms with van der Waals surface area (Å²) in [6, 6.07) is 11.0. The number of aromatic nitrogens is 2. The fourth-order valence-corrected chi connectivity index (χ4v) is 4.86. The van der Waals surface area contributed by atoms with Gasteiger partial charge in [0.1, 0.15) is 6.54 Å². The van der Waals surface area contributed by atoms with E-state index in [9.17, 15) is 9.59 Å². The Labute approximate surface area is 175 Å². The summed E-state index contributed by atoms with van der Waals surface area (Å²) in [4.78, 5) is 27.3. The monoisotopic (exact) mass is 414 g/mol. The Kier molecular flexibility index (Phi) is 6.31. The molecule has 1 aromatic heterocycles. The number of carbonyl (C=O) groups excluding carboxylic acids is 1. The Morgan fingerprint density at radius 2 is 1.93 bits per heavy atom. The van der Waals surface area contributed by atoms with Gasteiger partial charge in [0.05, 0.1) is 10.7 Å². The standard InChI is InChI=1S/C22H27ClN4O2/c23-18-8-2-1-7-17(18)19-10-11-22(29)27(25-19)15-21(28)24-14-16-6-5-13-26-12-4-3-9-20(16)26/h1-2,7-8,10-11,16,20H,3-6,9,12-15H2,(H,24,28)/t16-,20-/m1/s1. The molecule has 1 N–H and O–H groups in total. The van der Waals surface area contributed by atoms with Crippen molar-refractivity contribution in [2.45, 2.75) is 44.7 Å². The van der Waals surface area contributed by atoms with E-state index in [-0.39, 0.29) is 18.0 Å². The Morgan fingerprint density at radius 1 is 1.10 bits per heavy atom. The highest BCUT2D eigenvalue weighted by atomic mass is 35.5. The number of hydrogen-bond acceptors (Lipinski definition) is 4. The lowest BCUT2D eigenvalue weighted by Gasteiger charge is -2.44. The van der Waals surface area contributed by atoms with Crippen LogP contribution < -0.4 is 10.9 Å². The van der Waals surface area contributed by atoms with E-state index in [1.54, 1.807) is 12.1 Å². The average molecular weight is 415 g/mol. The highest BCUT2D eigenvalue weighted by molar-refractivity contribution is 6.33. The highest BCUT2D eigenvalue weighted by Gasteiger charge is 2.32. The third-order valence-corrected chi connectivity index (χ3v) is 6.43. The fourth-order valence-electron chi connectivity index (χ4n) is 4.63. The first-order chi connectivity index (χ1) is 14.1. The van der Waals surface area contributed by atoms with Crippen LogP contribution in [0.5, 0.6) is 0 Å². The number of rotatable bonds is 5. The molecular formula is C22H27ClN4O2. The van der Waals surface area contributed by atoms with E-state index < -0.39 is 0 Å². The predicted octanol–water partition coefficient (Wildman–Crippen LogP) is 2.94. The maximum atomic E-state index is 12.5. The molecule has 4 rings (SSSR count). The molecule has 154 valence electrons. The lowest BCUT2D eigenvalue weighted by atomic mass is 9.83. The molecule has 0 bridgehead atoms. The molecule has 0 unspecified atom stereocenters. The predicted molar refractivity (Wildman–Crippen MR) is 114 cm³/mol. The molecule has 6 nitrogen and oxygen atoms in total. The van der Waals surface area contributed by atoms with Gasteiger partial charge in [-0.05, 0) is 56.8 Å². The molecule has 7 heteroatoms. The molecule has 1 aromatic carbocycles. The van der Waals surface area contributed by atoms with Crippen molar-refractivity contribution >= 4 is 17.5 Å². The Bertz CT molecular complexity index is 927. The molecular weight excluding hydrogens is 388 g/mol. The SMILES string of the molecule is O=C(Cn1nc(-c2ccccc2Cl)ccc1=O)NC[C@H]1CCCN2CCCC[C@H]12. The van der Waals surface area contributed by atoms with Gasteiger partial charge in [-0.25, -0.2) is 4.68 Å². The normalized spacial score (nSPS) is 22.1. The van der Waals surface area contributed by atoms with E-state index in [2.05, 4.69) is 15.3 Å².